The van der Waals surface area contributed by atoms with E-state index in [1.165, 1.54) is 37.0 Å². The molecule has 2 fully saturated rings. The third kappa shape index (κ3) is 6.18. The van der Waals surface area contributed by atoms with Crippen molar-refractivity contribution in [1.29, 1.82) is 0 Å². The van der Waals surface area contributed by atoms with Crippen molar-refractivity contribution in [2.45, 2.75) is 56.4 Å². The quantitative estimate of drug-likeness (QED) is 0.444. The van der Waals surface area contributed by atoms with E-state index in [2.05, 4.69) is 38.5 Å². The lowest BCUT2D eigenvalue weighted by Gasteiger charge is -2.37. The minimum Gasteiger partial charge on any atom is -0.356 e. The van der Waals surface area contributed by atoms with Crippen molar-refractivity contribution in [2.24, 2.45) is 4.99 Å². The first-order valence-electron chi connectivity index (χ1n) is 10.4. The second-order valence-electron chi connectivity index (χ2n) is 8.09. The van der Waals surface area contributed by atoms with E-state index >= 15 is 0 Å². The van der Waals surface area contributed by atoms with Gasteiger partial charge in [0.05, 0.1) is 11.5 Å². The fraction of sp³-hybridized carbons (Fsp3) is 0.700. The van der Waals surface area contributed by atoms with Crippen molar-refractivity contribution < 1.29 is 13.2 Å². The van der Waals surface area contributed by atoms with Crippen LogP contribution in [0, 0.1) is 0 Å². The third-order valence-electron chi connectivity index (χ3n) is 5.91. The van der Waals surface area contributed by atoms with Crippen LogP contribution in [-0.4, -0.2) is 58.0 Å². The Morgan fingerprint density at radius 3 is 2.69 bits per heavy atom. The van der Waals surface area contributed by atoms with Gasteiger partial charge in [-0.3, -0.25) is 9.79 Å². The Morgan fingerprint density at radius 2 is 2.07 bits per heavy atom. The van der Waals surface area contributed by atoms with Gasteiger partial charge in [-0.1, -0.05) is 25.3 Å². The molecule has 3 N–H and O–H groups in total. The SMILES string of the molecule is CN=C(NCCC(=O)NC1CCS(=O)(=O)C1)NCC1(c2cccs2)CCCCC1. The lowest BCUT2D eigenvalue weighted by Crippen LogP contribution is -2.47. The molecular weight excluding hydrogens is 408 g/mol. The summed E-state index contributed by atoms with van der Waals surface area (Å²) in [6.07, 6.45) is 6.97. The molecule has 1 atom stereocenters. The summed E-state index contributed by atoms with van der Waals surface area (Å²) < 4.78 is 23.0. The smallest absolute Gasteiger partial charge is 0.222 e. The number of nitrogens with zero attached hydrogens (tertiary/aromatic N) is 1. The molecule has 1 unspecified atom stereocenters. The van der Waals surface area contributed by atoms with Crippen molar-refractivity contribution in [3.8, 4) is 0 Å². The largest absolute Gasteiger partial charge is 0.356 e. The van der Waals surface area contributed by atoms with E-state index in [-0.39, 0.29) is 35.3 Å². The average Bonchev–Trinajstić information content (AvgIpc) is 3.35. The lowest BCUT2D eigenvalue weighted by molar-refractivity contribution is -0.121. The van der Waals surface area contributed by atoms with Crippen molar-refractivity contribution >= 4 is 33.0 Å². The van der Waals surface area contributed by atoms with Gasteiger partial charge in [0.25, 0.3) is 0 Å². The molecule has 1 aromatic rings. The van der Waals surface area contributed by atoms with E-state index in [0.717, 1.165) is 6.54 Å². The van der Waals surface area contributed by atoms with Gasteiger partial charge in [-0.15, -0.1) is 11.3 Å². The van der Waals surface area contributed by atoms with Crippen molar-refractivity contribution in [3.63, 3.8) is 0 Å². The van der Waals surface area contributed by atoms with Crippen LogP contribution >= 0.6 is 11.3 Å². The summed E-state index contributed by atoms with van der Waals surface area (Å²) in [6.45, 7) is 1.29. The van der Waals surface area contributed by atoms with Crippen LogP contribution in [0.2, 0.25) is 0 Å². The van der Waals surface area contributed by atoms with Crippen LogP contribution in [-0.2, 0) is 20.0 Å². The zero-order valence-corrected chi connectivity index (χ0v) is 18.7. The highest BCUT2D eigenvalue weighted by molar-refractivity contribution is 7.91. The first-order chi connectivity index (χ1) is 13.9. The Balaban J connectivity index is 1.44. The number of carbonyl (C=O) groups is 1. The number of hydrogen-bond donors (Lipinski definition) is 3. The summed E-state index contributed by atoms with van der Waals surface area (Å²) in [4.78, 5) is 17.8. The first-order valence-corrected chi connectivity index (χ1v) is 13.1. The van der Waals surface area contributed by atoms with E-state index in [9.17, 15) is 13.2 Å². The highest BCUT2D eigenvalue weighted by atomic mass is 32.2. The summed E-state index contributed by atoms with van der Waals surface area (Å²) in [5.41, 5.74) is 0.162. The maximum atomic E-state index is 12.1. The van der Waals surface area contributed by atoms with Crippen LogP contribution in [0.25, 0.3) is 0 Å². The molecule has 7 nitrogen and oxygen atoms in total. The highest BCUT2D eigenvalue weighted by Crippen LogP contribution is 2.41. The van der Waals surface area contributed by atoms with Crippen molar-refractivity contribution in [2.75, 3.05) is 31.6 Å². The summed E-state index contributed by atoms with van der Waals surface area (Å²) in [5, 5.41) is 11.6. The predicted octanol–water partition coefficient (Wildman–Crippen LogP) is 1.81. The molecule has 3 rings (SSSR count). The van der Waals surface area contributed by atoms with Gasteiger partial charge < -0.3 is 16.0 Å². The molecule has 0 aromatic carbocycles. The summed E-state index contributed by atoms with van der Waals surface area (Å²) >= 11 is 1.83. The number of nitrogens with one attached hydrogen (secondary N) is 3. The number of thiophene rings is 1. The van der Waals surface area contributed by atoms with Gasteiger partial charge in [-0.25, -0.2) is 8.42 Å². The Kier molecular flexibility index (Phi) is 7.56. The van der Waals surface area contributed by atoms with Crippen LogP contribution in [0.1, 0.15) is 49.8 Å². The number of hydrogen-bond acceptors (Lipinski definition) is 5. The lowest BCUT2D eigenvalue weighted by atomic mass is 9.73. The fourth-order valence-corrected chi connectivity index (χ4v) is 6.96. The fourth-order valence-electron chi connectivity index (χ4n) is 4.30. The number of amides is 1. The van der Waals surface area contributed by atoms with Gasteiger partial charge in [0.1, 0.15) is 0 Å². The zero-order chi connectivity index (χ0) is 20.7. The monoisotopic (exact) mass is 440 g/mol. The number of rotatable bonds is 7. The Morgan fingerprint density at radius 1 is 1.28 bits per heavy atom. The van der Waals surface area contributed by atoms with Crippen molar-refractivity contribution in [3.05, 3.63) is 22.4 Å². The van der Waals surface area contributed by atoms with E-state index in [1.54, 1.807) is 7.05 Å². The number of guanidine groups is 1. The van der Waals surface area contributed by atoms with E-state index in [0.29, 0.717) is 18.9 Å². The molecule has 2 heterocycles. The van der Waals surface area contributed by atoms with Gasteiger partial charge in [0.2, 0.25) is 5.91 Å². The van der Waals surface area contributed by atoms with E-state index in [1.807, 2.05) is 11.3 Å². The number of sulfone groups is 1. The summed E-state index contributed by atoms with van der Waals surface area (Å²) in [6, 6.07) is 4.11. The number of aliphatic imine (C=N–C) groups is 1. The maximum Gasteiger partial charge on any atom is 0.222 e. The topological polar surface area (TPSA) is 99.7 Å². The minimum absolute atomic E-state index is 0.0557. The first kappa shape index (κ1) is 22.1. The second-order valence-corrected chi connectivity index (χ2v) is 11.3. The second kappa shape index (κ2) is 9.93. The Labute approximate surface area is 177 Å². The van der Waals surface area contributed by atoms with Gasteiger partial charge >= 0.3 is 0 Å². The van der Waals surface area contributed by atoms with Crippen LogP contribution in [0.4, 0.5) is 0 Å². The highest BCUT2D eigenvalue weighted by Gasteiger charge is 2.35. The molecule has 1 saturated heterocycles. The molecule has 1 aromatic heterocycles. The number of carbonyl (C=O) groups excluding carboxylic acids is 1. The Hall–Kier alpha value is -1.61. The third-order valence-corrected chi connectivity index (χ3v) is 8.80. The summed E-state index contributed by atoms with van der Waals surface area (Å²) in [5.74, 6) is 0.791. The van der Waals surface area contributed by atoms with Gasteiger partial charge in [0.15, 0.2) is 15.8 Å². The Bertz CT molecular complexity index is 800. The minimum atomic E-state index is -2.98. The molecule has 1 saturated carbocycles. The zero-order valence-electron chi connectivity index (χ0n) is 17.1. The van der Waals surface area contributed by atoms with Gasteiger partial charge in [-0.2, -0.15) is 0 Å². The van der Waals surface area contributed by atoms with Crippen LogP contribution < -0.4 is 16.0 Å². The van der Waals surface area contributed by atoms with Crippen LogP contribution in [0.3, 0.4) is 0 Å². The standard InChI is InChI=1S/C20H32N4O3S2/c1-21-19(22-11-7-18(25)24-16-8-13-29(26,27)14-16)23-15-20(9-3-2-4-10-20)17-6-5-12-28-17/h5-6,12,16H,2-4,7-11,13-15H2,1H3,(H,24,25)(H2,21,22,23). The molecule has 9 heteroatoms. The molecular formula is C20H32N4O3S2. The molecule has 1 aliphatic heterocycles. The van der Waals surface area contributed by atoms with E-state index < -0.39 is 9.84 Å². The van der Waals surface area contributed by atoms with Gasteiger partial charge in [0, 0.05) is 42.9 Å². The molecule has 1 amide bonds. The molecule has 0 spiro atoms. The average molecular weight is 441 g/mol. The molecule has 0 radical (unpaired) electrons. The van der Waals surface area contributed by atoms with Crippen LogP contribution in [0.15, 0.2) is 22.5 Å². The molecule has 0 bridgehead atoms. The predicted molar refractivity (Wildman–Crippen MR) is 118 cm³/mol. The molecule has 1 aliphatic carbocycles. The molecule has 162 valence electrons. The van der Waals surface area contributed by atoms with Crippen LogP contribution in [0.5, 0.6) is 0 Å². The molecule has 2 aliphatic rings. The summed E-state index contributed by atoms with van der Waals surface area (Å²) in [7, 11) is -1.25. The molecule has 29 heavy (non-hydrogen) atoms. The van der Waals surface area contributed by atoms with E-state index in [4.69, 9.17) is 0 Å². The van der Waals surface area contributed by atoms with Crippen molar-refractivity contribution in [1.82, 2.24) is 16.0 Å². The normalized spacial score (nSPS) is 23.5. The maximum absolute atomic E-state index is 12.1. The van der Waals surface area contributed by atoms with Gasteiger partial charge in [-0.05, 0) is 30.7 Å².